The van der Waals surface area contributed by atoms with E-state index in [4.69, 9.17) is 10.5 Å². The summed E-state index contributed by atoms with van der Waals surface area (Å²) in [6, 6.07) is 17.1. The zero-order chi connectivity index (χ0) is 25.8. The molecule has 0 bridgehead atoms. The number of benzene rings is 2. The van der Waals surface area contributed by atoms with Gasteiger partial charge in [-0.25, -0.2) is 5.43 Å². The molecule has 2 fully saturated rings. The van der Waals surface area contributed by atoms with Gasteiger partial charge in [-0.1, -0.05) is 36.4 Å². The lowest BCUT2D eigenvalue weighted by atomic mass is 9.86. The van der Waals surface area contributed by atoms with E-state index in [0.29, 0.717) is 19.6 Å². The van der Waals surface area contributed by atoms with Gasteiger partial charge in [-0.15, -0.1) is 0 Å². The van der Waals surface area contributed by atoms with E-state index in [-0.39, 0.29) is 23.8 Å². The first-order valence-electron chi connectivity index (χ1n) is 12.8. The molecule has 9 heteroatoms. The molecule has 2 aromatic carbocycles. The minimum absolute atomic E-state index is 0.000341. The Labute approximate surface area is 217 Å². The second-order valence-corrected chi connectivity index (χ2v) is 9.64. The zero-order valence-corrected chi connectivity index (χ0v) is 21.0. The number of likely N-dealkylation sites (tertiary alicyclic amines) is 1. The van der Waals surface area contributed by atoms with Gasteiger partial charge >= 0.3 is 0 Å². The van der Waals surface area contributed by atoms with Crippen LogP contribution in [0.15, 0.2) is 72.9 Å². The predicted molar refractivity (Wildman–Crippen MR) is 142 cm³/mol. The number of fused-ring (bicyclic) bond motifs is 1. The highest BCUT2D eigenvalue weighted by Gasteiger charge is 2.49. The van der Waals surface area contributed by atoms with Crippen molar-refractivity contribution in [1.82, 2.24) is 26.0 Å². The van der Waals surface area contributed by atoms with Crippen molar-refractivity contribution in [2.24, 2.45) is 11.7 Å². The molecule has 5 N–H and O–H groups in total. The number of carbonyl (C=O) groups is 2. The quantitative estimate of drug-likeness (QED) is 0.427. The molecule has 2 aromatic rings. The largest absolute Gasteiger partial charge is 0.457 e. The van der Waals surface area contributed by atoms with Crippen LogP contribution in [0.25, 0.3) is 5.57 Å². The molecule has 0 saturated carbocycles. The third-order valence-corrected chi connectivity index (χ3v) is 7.20. The molecule has 194 valence electrons. The maximum atomic E-state index is 13.1. The first-order valence-corrected chi connectivity index (χ1v) is 12.8. The first-order chi connectivity index (χ1) is 18.0. The van der Waals surface area contributed by atoms with Crippen LogP contribution in [-0.4, -0.2) is 66.5 Å². The molecule has 3 aliphatic rings. The number of likely N-dealkylation sites (N-methyl/N-ethyl adjacent to an activating group) is 1. The lowest BCUT2D eigenvalue weighted by molar-refractivity contribution is -0.132. The van der Waals surface area contributed by atoms with Gasteiger partial charge in [0.15, 0.2) is 0 Å². The smallest absolute Gasteiger partial charge is 0.257 e. The molecule has 0 spiro atoms. The third-order valence-electron chi connectivity index (χ3n) is 7.20. The first kappa shape index (κ1) is 25.0. The molecule has 0 aliphatic carbocycles. The molecule has 3 aliphatic heterocycles. The number of nitrogens with one attached hydrogen (secondary N) is 3. The summed E-state index contributed by atoms with van der Waals surface area (Å²) < 4.78 is 5.95. The second-order valence-electron chi connectivity index (χ2n) is 9.64. The van der Waals surface area contributed by atoms with Gasteiger partial charge in [0.1, 0.15) is 17.5 Å². The summed E-state index contributed by atoms with van der Waals surface area (Å²) in [6.45, 7) is 1.93. The normalized spacial score (nSPS) is 25.6. The highest BCUT2D eigenvalue weighted by molar-refractivity contribution is 5.89. The number of piperidine rings is 1. The lowest BCUT2D eigenvalue weighted by Gasteiger charge is -2.43. The number of hydrogen-bond acceptors (Lipinski definition) is 7. The van der Waals surface area contributed by atoms with Crippen molar-refractivity contribution in [1.29, 1.82) is 0 Å². The summed E-state index contributed by atoms with van der Waals surface area (Å²) in [5, 5.41) is 3.01. The van der Waals surface area contributed by atoms with E-state index >= 15 is 0 Å². The van der Waals surface area contributed by atoms with Crippen LogP contribution in [0, 0.1) is 5.92 Å². The molecule has 4 atom stereocenters. The molecule has 9 nitrogen and oxygen atoms in total. The number of nitrogens with two attached hydrogens (primary N) is 1. The van der Waals surface area contributed by atoms with E-state index in [1.807, 2.05) is 72.6 Å². The lowest BCUT2D eigenvalue weighted by Crippen LogP contribution is -2.67. The van der Waals surface area contributed by atoms with Gasteiger partial charge in [0.2, 0.25) is 5.91 Å². The van der Waals surface area contributed by atoms with Crippen LogP contribution in [0.5, 0.6) is 11.5 Å². The summed E-state index contributed by atoms with van der Waals surface area (Å²) in [5.74, 6) is 1.17. The predicted octanol–water partition coefficient (Wildman–Crippen LogP) is 1.81. The van der Waals surface area contributed by atoms with E-state index in [0.717, 1.165) is 35.5 Å². The van der Waals surface area contributed by atoms with Crippen molar-refractivity contribution in [3.05, 3.63) is 78.5 Å². The summed E-state index contributed by atoms with van der Waals surface area (Å²) in [6.07, 6.45) is 6.87. The third kappa shape index (κ3) is 5.39. The summed E-state index contributed by atoms with van der Waals surface area (Å²) in [7, 11) is 1.85. The minimum atomic E-state index is -0.440. The Balaban J connectivity index is 1.38. The van der Waals surface area contributed by atoms with Crippen LogP contribution in [0.4, 0.5) is 0 Å². The Hall–Kier alpha value is -3.66. The molecule has 0 radical (unpaired) electrons. The van der Waals surface area contributed by atoms with Crippen LogP contribution in [0.2, 0.25) is 0 Å². The fraction of sp³-hybridized carbons (Fsp3) is 0.357. The molecule has 2 saturated heterocycles. The van der Waals surface area contributed by atoms with Crippen LogP contribution in [0.1, 0.15) is 18.4 Å². The maximum absolute atomic E-state index is 13.1. The van der Waals surface area contributed by atoms with Crippen molar-refractivity contribution in [2.45, 2.75) is 31.1 Å². The number of amides is 2. The van der Waals surface area contributed by atoms with E-state index < -0.39 is 12.2 Å². The highest BCUT2D eigenvalue weighted by Crippen LogP contribution is 2.41. The van der Waals surface area contributed by atoms with Gasteiger partial charge in [0.25, 0.3) is 5.91 Å². The molecule has 2 amide bonds. The fourth-order valence-corrected chi connectivity index (χ4v) is 5.41. The molecular formula is C28H34N6O3. The van der Waals surface area contributed by atoms with Crippen molar-refractivity contribution in [3.8, 4) is 11.5 Å². The molecule has 37 heavy (non-hydrogen) atoms. The van der Waals surface area contributed by atoms with E-state index in [2.05, 4.69) is 27.3 Å². The van der Waals surface area contributed by atoms with Crippen molar-refractivity contribution in [3.63, 3.8) is 0 Å². The van der Waals surface area contributed by atoms with Gasteiger partial charge in [0.05, 0.1) is 6.17 Å². The molecule has 5 rings (SSSR count). The topological polar surface area (TPSA) is 112 Å². The van der Waals surface area contributed by atoms with E-state index in [1.54, 1.807) is 6.08 Å². The van der Waals surface area contributed by atoms with Gasteiger partial charge in [0, 0.05) is 43.9 Å². The Kier molecular flexibility index (Phi) is 7.55. The SMILES string of the molecule is CNC/C=C/C(=O)N1CCC[C@@H](N2C=C(c3ccc(Oc4ccccc4)cc3)C3C(N)NNC(=O)C32)C1. The minimum Gasteiger partial charge on any atom is -0.457 e. The fourth-order valence-electron chi connectivity index (χ4n) is 5.41. The highest BCUT2D eigenvalue weighted by atomic mass is 16.5. The maximum Gasteiger partial charge on any atom is 0.257 e. The summed E-state index contributed by atoms with van der Waals surface area (Å²) in [5.41, 5.74) is 14.1. The number of para-hydroxylation sites is 1. The van der Waals surface area contributed by atoms with Gasteiger partial charge in [-0.3, -0.25) is 15.0 Å². The van der Waals surface area contributed by atoms with E-state index in [1.165, 1.54) is 0 Å². The van der Waals surface area contributed by atoms with Crippen LogP contribution in [-0.2, 0) is 9.59 Å². The van der Waals surface area contributed by atoms with Crippen molar-refractivity contribution < 1.29 is 14.3 Å². The molecule has 0 aromatic heterocycles. The Morgan fingerprint density at radius 3 is 2.68 bits per heavy atom. The van der Waals surface area contributed by atoms with Crippen LogP contribution >= 0.6 is 0 Å². The number of nitrogens with zero attached hydrogens (tertiary/aromatic N) is 2. The van der Waals surface area contributed by atoms with Gasteiger partial charge in [-0.05, 0) is 55.3 Å². The standard InChI is InChI=1S/C28H34N6O3/c1-30-15-5-10-24(35)33-16-6-7-20(17-33)34-18-23(25-26(34)28(36)32-31-27(25)29)19-11-13-22(14-12-19)37-21-8-3-2-4-9-21/h2-5,8-14,18,20,25-27,30-31H,6-7,15-17,29H2,1H3,(H,32,36)/b10-5+/t20-,25?,26?,27?/m1/s1. The molecular weight excluding hydrogens is 468 g/mol. The van der Waals surface area contributed by atoms with Crippen molar-refractivity contribution in [2.75, 3.05) is 26.7 Å². The van der Waals surface area contributed by atoms with Crippen LogP contribution < -0.4 is 26.6 Å². The average molecular weight is 503 g/mol. The number of hydrazine groups is 1. The second kappa shape index (κ2) is 11.2. The molecule has 3 unspecified atom stereocenters. The summed E-state index contributed by atoms with van der Waals surface area (Å²) >= 11 is 0. The van der Waals surface area contributed by atoms with Crippen LogP contribution in [0.3, 0.4) is 0 Å². The number of hydrogen-bond donors (Lipinski definition) is 4. The monoisotopic (exact) mass is 502 g/mol. The van der Waals surface area contributed by atoms with Crippen molar-refractivity contribution >= 4 is 17.4 Å². The number of ether oxygens (including phenoxy) is 1. The van der Waals surface area contributed by atoms with E-state index in [9.17, 15) is 9.59 Å². The summed E-state index contributed by atoms with van der Waals surface area (Å²) in [4.78, 5) is 29.8. The zero-order valence-electron chi connectivity index (χ0n) is 21.0. The number of rotatable bonds is 7. The van der Waals surface area contributed by atoms with Gasteiger partial charge in [-0.2, -0.15) is 0 Å². The Morgan fingerprint density at radius 1 is 1.16 bits per heavy atom. The molecule has 3 heterocycles. The average Bonchev–Trinajstić information content (AvgIpc) is 3.34. The Morgan fingerprint density at radius 2 is 1.92 bits per heavy atom. The Bertz CT molecular complexity index is 1170. The van der Waals surface area contributed by atoms with Gasteiger partial charge < -0.3 is 25.6 Å². The number of carbonyl (C=O) groups excluding carboxylic acids is 2.